The number of nitro benzene ring substituents is 1. The van der Waals surface area contributed by atoms with Crippen LogP contribution in [0.3, 0.4) is 0 Å². The molecule has 0 fully saturated rings. The van der Waals surface area contributed by atoms with E-state index in [1.165, 1.54) is 30.3 Å². The lowest BCUT2D eigenvalue weighted by Crippen LogP contribution is -1.92. The zero-order chi connectivity index (χ0) is 16.8. The van der Waals surface area contributed by atoms with Crippen LogP contribution in [0.15, 0.2) is 42.5 Å². The van der Waals surface area contributed by atoms with Gasteiger partial charge in [0.1, 0.15) is 0 Å². The lowest BCUT2D eigenvalue weighted by Gasteiger charge is -2.07. The van der Waals surface area contributed by atoms with E-state index in [4.69, 9.17) is 4.74 Å². The molecule has 6 heteroatoms. The summed E-state index contributed by atoms with van der Waals surface area (Å²) in [6.07, 6.45) is 1.63. The van der Waals surface area contributed by atoms with Crippen LogP contribution < -0.4 is 4.74 Å². The van der Waals surface area contributed by atoms with Gasteiger partial charge in [-0.05, 0) is 48.4 Å². The fourth-order valence-electron chi connectivity index (χ4n) is 2.00. The number of ether oxygens (including phenoxy) is 1. The van der Waals surface area contributed by atoms with E-state index in [9.17, 15) is 20.5 Å². The van der Waals surface area contributed by atoms with Gasteiger partial charge in [0.15, 0.2) is 11.5 Å². The molecule has 0 aromatic heterocycles. The summed E-state index contributed by atoms with van der Waals surface area (Å²) in [4.78, 5) is 10.2. The standard InChI is InChI=1S/C17H14N2O4/c1-2-23-17-10-12(3-8-16(17)20)9-14(11-18)13-4-6-15(7-5-13)19(21)22/h3-10,20H,2H2,1H3. The first kappa shape index (κ1) is 16.0. The number of aromatic hydroxyl groups is 1. The lowest BCUT2D eigenvalue weighted by atomic mass is 10.0. The van der Waals surface area contributed by atoms with E-state index >= 15 is 0 Å². The van der Waals surface area contributed by atoms with Gasteiger partial charge in [0.2, 0.25) is 0 Å². The molecule has 23 heavy (non-hydrogen) atoms. The Morgan fingerprint density at radius 2 is 2.04 bits per heavy atom. The molecule has 1 N–H and O–H groups in total. The number of nitriles is 1. The lowest BCUT2D eigenvalue weighted by molar-refractivity contribution is -0.384. The van der Waals surface area contributed by atoms with E-state index in [0.717, 1.165) is 0 Å². The summed E-state index contributed by atoms with van der Waals surface area (Å²) >= 11 is 0. The molecule has 6 nitrogen and oxygen atoms in total. The average Bonchev–Trinajstić information content (AvgIpc) is 2.56. The molecule has 0 aliphatic heterocycles. The summed E-state index contributed by atoms with van der Waals surface area (Å²) in [6.45, 7) is 2.22. The van der Waals surface area contributed by atoms with E-state index in [1.54, 1.807) is 25.1 Å². The number of non-ortho nitro benzene ring substituents is 1. The van der Waals surface area contributed by atoms with Gasteiger partial charge in [0, 0.05) is 12.1 Å². The van der Waals surface area contributed by atoms with E-state index in [1.807, 2.05) is 0 Å². The van der Waals surface area contributed by atoms with Gasteiger partial charge in [-0.2, -0.15) is 5.26 Å². The van der Waals surface area contributed by atoms with Crippen molar-refractivity contribution in [3.63, 3.8) is 0 Å². The predicted octanol–water partition coefficient (Wildman–Crippen LogP) is 3.76. The molecule has 2 rings (SSSR count). The number of nitrogens with zero attached hydrogens (tertiary/aromatic N) is 2. The SMILES string of the molecule is CCOc1cc(C=C(C#N)c2ccc([N+](=O)[O-])cc2)ccc1O. The first-order valence-corrected chi connectivity index (χ1v) is 6.87. The molecule has 0 heterocycles. The van der Waals surface area contributed by atoms with E-state index in [-0.39, 0.29) is 11.4 Å². The van der Waals surface area contributed by atoms with Crippen molar-refractivity contribution in [1.82, 2.24) is 0 Å². The van der Waals surface area contributed by atoms with Crippen LogP contribution in [0.4, 0.5) is 5.69 Å². The van der Waals surface area contributed by atoms with Gasteiger partial charge < -0.3 is 9.84 Å². The molecule has 116 valence electrons. The third-order valence-electron chi connectivity index (χ3n) is 3.10. The van der Waals surface area contributed by atoms with Gasteiger partial charge in [-0.15, -0.1) is 0 Å². The van der Waals surface area contributed by atoms with E-state index in [2.05, 4.69) is 6.07 Å². The fourth-order valence-corrected chi connectivity index (χ4v) is 2.00. The van der Waals surface area contributed by atoms with Crippen LogP contribution in [0, 0.1) is 21.4 Å². The predicted molar refractivity (Wildman–Crippen MR) is 85.9 cm³/mol. The monoisotopic (exact) mass is 310 g/mol. The van der Waals surface area contributed by atoms with E-state index in [0.29, 0.717) is 29.1 Å². The molecule has 0 spiro atoms. The minimum Gasteiger partial charge on any atom is -0.504 e. The normalized spacial score (nSPS) is 10.9. The average molecular weight is 310 g/mol. The molecule has 0 bridgehead atoms. The summed E-state index contributed by atoms with van der Waals surface area (Å²) < 4.78 is 5.30. The molecule has 0 saturated heterocycles. The summed E-state index contributed by atoms with van der Waals surface area (Å²) in [5.41, 5.74) is 1.58. The Morgan fingerprint density at radius 1 is 1.35 bits per heavy atom. The second-order valence-corrected chi connectivity index (χ2v) is 4.63. The van der Waals surface area contributed by atoms with E-state index < -0.39 is 4.92 Å². The zero-order valence-corrected chi connectivity index (χ0v) is 12.4. The van der Waals surface area contributed by atoms with Crippen molar-refractivity contribution in [3.05, 3.63) is 63.7 Å². The smallest absolute Gasteiger partial charge is 0.269 e. The number of rotatable bonds is 5. The van der Waals surface area contributed by atoms with Crippen molar-refractivity contribution in [1.29, 1.82) is 5.26 Å². The van der Waals surface area contributed by atoms with Crippen molar-refractivity contribution < 1.29 is 14.8 Å². The van der Waals surface area contributed by atoms with Crippen LogP contribution in [0.1, 0.15) is 18.1 Å². The molecule has 2 aromatic carbocycles. The highest BCUT2D eigenvalue weighted by Crippen LogP contribution is 2.29. The molecule has 0 unspecified atom stereocenters. The number of allylic oxidation sites excluding steroid dienone is 1. The maximum Gasteiger partial charge on any atom is 0.269 e. The third kappa shape index (κ3) is 3.86. The number of hydrogen-bond donors (Lipinski definition) is 1. The molecule has 0 aliphatic carbocycles. The second-order valence-electron chi connectivity index (χ2n) is 4.63. The van der Waals surface area contributed by atoms with Crippen LogP contribution in [0.25, 0.3) is 11.6 Å². The molecular weight excluding hydrogens is 296 g/mol. The first-order valence-electron chi connectivity index (χ1n) is 6.87. The Labute approximate surface area is 133 Å². The molecule has 0 atom stereocenters. The second kappa shape index (κ2) is 7.09. The van der Waals surface area contributed by atoms with Crippen molar-refractivity contribution in [2.24, 2.45) is 0 Å². The van der Waals surface area contributed by atoms with Crippen molar-refractivity contribution in [2.75, 3.05) is 6.61 Å². The van der Waals surface area contributed by atoms with Crippen LogP contribution in [-0.4, -0.2) is 16.6 Å². The van der Waals surface area contributed by atoms with Gasteiger partial charge in [0.05, 0.1) is 23.2 Å². The maximum atomic E-state index is 10.7. The van der Waals surface area contributed by atoms with Crippen LogP contribution in [0.5, 0.6) is 11.5 Å². The molecule has 0 saturated carbocycles. The number of benzene rings is 2. The minimum absolute atomic E-state index is 0.0258. The van der Waals surface area contributed by atoms with Gasteiger partial charge in [-0.3, -0.25) is 10.1 Å². The summed E-state index contributed by atoms with van der Waals surface area (Å²) in [5, 5.41) is 29.7. The number of nitro groups is 1. The quantitative estimate of drug-likeness (QED) is 0.392. The van der Waals surface area contributed by atoms with Crippen LogP contribution in [-0.2, 0) is 0 Å². The van der Waals surface area contributed by atoms with Crippen LogP contribution in [0.2, 0.25) is 0 Å². The highest BCUT2D eigenvalue weighted by molar-refractivity contribution is 5.90. The maximum absolute atomic E-state index is 10.7. The van der Waals surface area contributed by atoms with Crippen LogP contribution >= 0.6 is 0 Å². The minimum atomic E-state index is -0.492. The largest absolute Gasteiger partial charge is 0.504 e. The number of phenols is 1. The Hall–Kier alpha value is -3.33. The summed E-state index contributed by atoms with van der Waals surface area (Å²) in [6, 6.07) is 12.6. The summed E-state index contributed by atoms with van der Waals surface area (Å²) in [7, 11) is 0. The summed E-state index contributed by atoms with van der Waals surface area (Å²) in [5.74, 6) is 0.361. The Morgan fingerprint density at radius 3 is 2.61 bits per heavy atom. The Balaban J connectivity index is 2.37. The molecule has 0 radical (unpaired) electrons. The van der Waals surface area contributed by atoms with Gasteiger partial charge in [-0.1, -0.05) is 6.07 Å². The fraction of sp³-hybridized carbons (Fsp3) is 0.118. The number of hydrogen-bond acceptors (Lipinski definition) is 5. The van der Waals surface area contributed by atoms with Gasteiger partial charge >= 0.3 is 0 Å². The van der Waals surface area contributed by atoms with Crippen molar-refractivity contribution in [3.8, 4) is 17.6 Å². The van der Waals surface area contributed by atoms with Crippen molar-refractivity contribution in [2.45, 2.75) is 6.92 Å². The molecule has 0 amide bonds. The highest BCUT2D eigenvalue weighted by Gasteiger charge is 2.08. The third-order valence-corrected chi connectivity index (χ3v) is 3.10. The highest BCUT2D eigenvalue weighted by atomic mass is 16.6. The van der Waals surface area contributed by atoms with Gasteiger partial charge in [0.25, 0.3) is 5.69 Å². The Kier molecular flexibility index (Phi) is 4.95. The Bertz CT molecular complexity index is 789. The van der Waals surface area contributed by atoms with Crippen molar-refractivity contribution >= 4 is 17.3 Å². The first-order chi connectivity index (χ1) is 11.0. The number of phenolic OH excluding ortho intramolecular Hbond substituents is 1. The molecule has 2 aromatic rings. The van der Waals surface area contributed by atoms with Gasteiger partial charge in [-0.25, -0.2) is 0 Å². The zero-order valence-electron chi connectivity index (χ0n) is 12.4. The topological polar surface area (TPSA) is 96.4 Å². The molecule has 0 aliphatic rings. The molecular formula is C17H14N2O4.